The summed E-state index contributed by atoms with van der Waals surface area (Å²) in [5.74, 6) is 2.87. The molecule has 0 radical (unpaired) electrons. The molecule has 1 aromatic heterocycles. The lowest BCUT2D eigenvalue weighted by Gasteiger charge is -2.31. The van der Waals surface area contributed by atoms with Crippen LogP contribution in [0.5, 0.6) is 0 Å². The van der Waals surface area contributed by atoms with Crippen LogP contribution >= 0.6 is 0 Å². The zero-order valence-electron chi connectivity index (χ0n) is 12.1. The van der Waals surface area contributed by atoms with E-state index in [0.29, 0.717) is 5.41 Å². The molecule has 1 aliphatic rings. The van der Waals surface area contributed by atoms with E-state index in [0.717, 1.165) is 30.5 Å². The van der Waals surface area contributed by atoms with Crippen molar-refractivity contribution in [1.29, 1.82) is 0 Å². The zero-order chi connectivity index (χ0) is 13.0. The van der Waals surface area contributed by atoms with Crippen LogP contribution in [0.2, 0.25) is 0 Å². The first kappa shape index (κ1) is 13.7. The summed E-state index contributed by atoms with van der Waals surface area (Å²) < 4.78 is 5.60. The molecular formula is C16H27NO. The van der Waals surface area contributed by atoms with Gasteiger partial charge in [-0.2, -0.15) is 0 Å². The summed E-state index contributed by atoms with van der Waals surface area (Å²) in [7, 11) is 0. The van der Waals surface area contributed by atoms with Gasteiger partial charge in [-0.1, -0.05) is 26.7 Å². The third-order valence-electron chi connectivity index (χ3n) is 4.10. The largest absolute Gasteiger partial charge is 0.465 e. The minimum absolute atomic E-state index is 0.551. The monoisotopic (exact) mass is 249 g/mol. The molecule has 0 spiro atoms. The standard InChI is InChI=1S/C16H27NO/c1-13(2)10-16(8-4-5-9-16)12-17-11-15-7-6-14(3)18-15/h6-7,13,17H,4-5,8-12H2,1-3H3. The van der Waals surface area contributed by atoms with Crippen molar-refractivity contribution in [3.8, 4) is 0 Å². The van der Waals surface area contributed by atoms with E-state index in [1.54, 1.807) is 0 Å². The smallest absolute Gasteiger partial charge is 0.117 e. The van der Waals surface area contributed by atoms with Crippen LogP contribution in [0.3, 0.4) is 0 Å². The average Bonchev–Trinajstić information content (AvgIpc) is 2.88. The highest BCUT2D eigenvalue weighted by atomic mass is 16.3. The van der Waals surface area contributed by atoms with Crippen LogP contribution in [0.25, 0.3) is 0 Å². The van der Waals surface area contributed by atoms with Crippen LogP contribution in [-0.2, 0) is 6.54 Å². The van der Waals surface area contributed by atoms with Crippen molar-refractivity contribution >= 4 is 0 Å². The van der Waals surface area contributed by atoms with E-state index in [-0.39, 0.29) is 0 Å². The zero-order valence-corrected chi connectivity index (χ0v) is 12.1. The van der Waals surface area contributed by atoms with E-state index in [9.17, 15) is 0 Å². The Kier molecular flexibility index (Phi) is 4.50. The SMILES string of the molecule is Cc1ccc(CNCC2(CC(C)C)CCCC2)o1. The second kappa shape index (κ2) is 5.92. The predicted molar refractivity (Wildman–Crippen MR) is 75.5 cm³/mol. The van der Waals surface area contributed by atoms with Gasteiger partial charge in [0, 0.05) is 6.54 Å². The molecule has 0 unspecified atom stereocenters. The highest BCUT2D eigenvalue weighted by Crippen LogP contribution is 2.42. The Morgan fingerprint density at radius 2 is 2.00 bits per heavy atom. The summed E-state index contributed by atoms with van der Waals surface area (Å²) in [4.78, 5) is 0. The van der Waals surface area contributed by atoms with E-state index >= 15 is 0 Å². The van der Waals surface area contributed by atoms with Crippen molar-refractivity contribution in [3.05, 3.63) is 23.7 Å². The molecule has 0 amide bonds. The fraction of sp³-hybridized carbons (Fsp3) is 0.750. The van der Waals surface area contributed by atoms with E-state index < -0.39 is 0 Å². The van der Waals surface area contributed by atoms with Gasteiger partial charge in [-0.25, -0.2) is 0 Å². The van der Waals surface area contributed by atoms with Gasteiger partial charge < -0.3 is 9.73 Å². The third-order valence-corrected chi connectivity index (χ3v) is 4.10. The minimum Gasteiger partial charge on any atom is -0.465 e. The Hall–Kier alpha value is -0.760. The molecule has 1 aliphatic carbocycles. The van der Waals surface area contributed by atoms with Crippen LogP contribution in [0.1, 0.15) is 57.5 Å². The Morgan fingerprint density at radius 1 is 1.28 bits per heavy atom. The molecule has 2 heteroatoms. The fourth-order valence-corrected chi connectivity index (χ4v) is 3.48. The Bertz CT molecular complexity index is 361. The van der Waals surface area contributed by atoms with E-state index in [4.69, 9.17) is 4.42 Å². The van der Waals surface area contributed by atoms with Crippen LogP contribution in [0.15, 0.2) is 16.5 Å². The molecule has 1 N–H and O–H groups in total. The van der Waals surface area contributed by atoms with Gasteiger partial charge in [-0.05, 0) is 49.7 Å². The molecular weight excluding hydrogens is 222 g/mol. The molecule has 18 heavy (non-hydrogen) atoms. The van der Waals surface area contributed by atoms with Gasteiger partial charge in [0.05, 0.1) is 6.54 Å². The lowest BCUT2D eigenvalue weighted by molar-refractivity contribution is 0.221. The van der Waals surface area contributed by atoms with Gasteiger partial charge in [0.2, 0.25) is 0 Å². The first-order valence-electron chi connectivity index (χ1n) is 7.36. The van der Waals surface area contributed by atoms with Gasteiger partial charge in [0.25, 0.3) is 0 Å². The summed E-state index contributed by atoms with van der Waals surface area (Å²) in [6.07, 6.45) is 6.98. The summed E-state index contributed by atoms with van der Waals surface area (Å²) in [6.45, 7) is 8.70. The number of rotatable bonds is 6. The maximum atomic E-state index is 5.60. The van der Waals surface area contributed by atoms with Crippen molar-refractivity contribution in [3.63, 3.8) is 0 Å². The molecule has 1 aromatic rings. The van der Waals surface area contributed by atoms with Crippen LogP contribution in [0, 0.1) is 18.3 Å². The van der Waals surface area contributed by atoms with Crippen molar-refractivity contribution in [2.75, 3.05) is 6.54 Å². The molecule has 1 fully saturated rings. The lowest BCUT2D eigenvalue weighted by Crippen LogP contribution is -2.33. The molecule has 0 aromatic carbocycles. The van der Waals surface area contributed by atoms with Gasteiger partial charge >= 0.3 is 0 Å². The summed E-state index contributed by atoms with van der Waals surface area (Å²) in [5.41, 5.74) is 0.551. The summed E-state index contributed by atoms with van der Waals surface area (Å²) in [6, 6.07) is 4.11. The second-order valence-corrected chi connectivity index (χ2v) is 6.42. The average molecular weight is 249 g/mol. The van der Waals surface area contributed by atoms with Crippen molar-refractivity contribution in [2.24, 2.45) is 11.3 Å². The quantitative estimate of drug-likeness (QED) is 0.814. The number of hydrogen-bond donors (Lipinski definition) is 1. The van der Waals surface area contributed by atoms with Gasteiger partial charge in [0.1, 0.15) is 11.5 Å². The summed E-state index contributed by atoms with van der Waals surface area (Å²) >= 11 is 0. The molecule has 1 saturated carbocycles. The molecule has 102 valence electrons. The highest BCUT2D eigenvalue weighted by Gasteiger charge is 2.33. The lowest BCUT2D eigenvalue weighted by atomic mass is 9.78. The Morgan fingerprint density at radius 3 is 2.56 bits per heavy atom. The van der Waals surface area contributed by atoms with Gasteiger partial charge in [-0.15, -0.1) is 0 Å². The Labute approximate surface area is 111 Å². The first-order chi connectivity index (χ1) is 8.60. The first-order valence-corrected chi connectivity index (χ1v) is 7.36. The normalized spacial score (nSPS) is 18.7. The Balaban J connectivity index is 1.82. The molecule has 1 heterocycles. The predicted octanol–water partition coefficient (Wildman–Crippen LogP) is 4.28. The molecule has 0 bridgehead atoms. The third kappa shape index (κ3) is 3.61. The van der Waals surface area contributed by atoms with Gasteiger partial charge in [-0.3, -0.25) is 0 Å². The topological polar surface area (TPSA) is 25.2 Å². The fourth-order valence-electron chi connectivity index (χ4n) is 3.48. The van der Waals surface area contributed by atoms with E-state index in [2.05, 4.69) is 25.2 Å². The van der Waals surface area contributed by atoms with E-state index in [1.165, 1.54) is 32.1 Å². The second-order valence-electron chi connectivity index (χ2n) is 6.42. The molecule has 0 atom stereocenters. The van der Waals surface area contributed by atoms with Crippen LogP contribution in [0.4, 0.5) is 0 Å². The highest BCUT2D eigenvalue weighted by molar-refractivity contribution is 5.05. The van der Waals surface area contributed by atoms with Gasteiger partial charge in [0.15, 0.2) is 0 Å². The van der Waals surface area contributed by atoms with Crippen molar-refractivity contribution in [1.82, 2.24) is 5.32 Å². The molecule has 2 nitrogen and oxygen atoms in total. The maximum Gasteiger partial charge on any atom is 0.117 e. The molecule has 0 aliphatic heterocycles. The van der Waals surface area contributed by atoms with Crippen molar-refractivity contribution < 1.29 is 4.42 Å². The molecule has 2 rings (SSSR count). The van der Waals surface area contributed by atoms with Crippen LogP contribution < -0.4 is 5.32 Å². The number of furan rings is 1. The minimum atomic E-state index is 0.551. The number of aryl methyl sites for hydroxylation is 1. The summed E-state index contributed by atoms with van der Waals surface area (Å²) in [5, 5.41) is 3.61. The maximum absolute atomic E-state index is 5.60. The van der Waals surface area contributed by atoms with Crippen LogP contribution in [-0.4, -0.2) is 6.54 Å². The number of nitrogens with one attached hydrogen (secondary N) is 1. The molecule has 0 saturated heterocycles. The number of hydrogen-bond acceptors (Lipinski definition) is 2. The van der Waals surface area contributed by atoms with E-state index in [1.807, 2.05) is 13.0 Å². The van der Waals surface area contributed by atoms with Crippen molar-refractivity contribution in [2.45, 2.75) is 59.4 Å².